The predicted octanol–water partition coefficient (Wildman–Crippen LogP) is 1.30. The molecule has 4 heteroatoms. The second kappa shape index (κ2) is 5.59. The highest BCUT2D eigenvalue weighted by molar-refractivity contribution is 5.55. The molecule has 1 unspecified atom stereocenters. The van der Waals surface area contributed by atoms with Crippen LogP contribution >= 0.6 is 0 Å². The van der Waals surface area contributed by atoms with Crippen LogP contribution in [0.15, 0.2) is 24.3 Å². The van der Waals surface area contributed by atoms with E-state index in [0.717, 1.165) is 39.4 Å². The molecular weight excluding hydrogens is 226 g/mol. The third-order valence-electron chi connectivity index (χ3n) is 3.67. The summed E-state index contributed by atoms with van der Waals surface area (Å²) in [5.41, 5.74) is 2.52. The number of nitrogens with one attached hydrogen (secondary N) is 2. The van der Waals surface area contributed by atoms with Crippen molar-refractivity contribution >= 4 is 11.4 Å². The lowest BCUT2D eigenvalue weighted by atomic mass is 10.2. The van der Waals surface area contributed by atoms with Gasteiger partial charge in [-0.2, -0.15) is 0 Å². The lowest BCUT2D eigenvalue weighted by Crippen LogP contribution is -2.36. The van der Waals surface area contributed by atoms with E-state index in [9.17, 15) is 0 Å². The molecule has 18 heavy (non-hydrogen) atoms. The van der Waals surface area contributed by atoms with Gasteiger partial charge >= 0.3 is 0 Å². The minimum absolute atomic E-state index is 0.583. The summed E-state index contributed by atoms with van der Waals surface area (Å²) in [6.45, 7) is 5.88. The second-order valence-electron chi connectivity index (χ2n) is 4.98. The highest BCUT2D eigenvalue weighted by atomic mass is 16.5. The monoisotopic (exact) mass is 247 g/mol. The van der Waals surface area contributed by atoms with E-state index in [1.165, 1.54) is 17.8 Å². The van der Waals surface area contributed by atoms with E-state index in [2.05, 4.69) is 39.8 Å². The van der Waals surface area contributed by atoms with Crippen molar-refractivity contribution in [2.75, 3.05) is 49.6 Å². The molecule has 1 aromatic carbocycles. The summed E-state index contributed by atoms with van der Waals surface area (Å²) in [5.74, 6) is 0. The fourth-order valence-corrected chi connectivity index (χ4v) is 2.60. The molecule has 98 valence electrons. The van der Waals surface area contributed by atoms with Crippen molar-refractivity contribution in [1.82, 2.24) is 5.32 Å². The third-order valence-corrected chi connectivity index (χ3v) is 3.67. The maximum absolute atomic E-state index is 5.37. The zero-order valence-corrected chi connectivity index (χ0v) is 10.7. The Morgan fingerprint density at radius 2 is 1.94 bits per heavy atom. The Morgan fingerprint density at radius 3 is 2.61 bits per heavy atom. The predicted molar refractivity (Wildman–Crippen MR) is 74.4 cm³/mol. The summed E-state index contributed by atoms with van der Waals surface area (Å²) < 4.78 is 5.37. The quantitative estimate of drug-likeness (QED) is 0.844. The maximum Gasteiger partial charge on any atom is 0.0642 e. The molecule has 2 aliphatic rings. The number of ether oxygens (including phenoxy) is 1. The molecule has 4 nitrogen and oxygen atoms in total. The molecule has 0 saturated carbocycles. The van der Waals surface area contributed by atoms with Crippen LogP contribution in [0, 0.1) is 0 Å². The van der Waals surface area contributed by atoms with Crippen LogP contribution in [0.1, 0.15) is 6.42 Å². The Kier molecular flexibility index (Phi) is 3.67. The van der Waals surface area contributed by atoms with E-state index in [1.807, 2.05) is 0 Å². The average molecular weight is 247 g/mol. The summed E-state index contributed by atoms with van der Waals surface area (Å²) in [4.78, 5) is 2.38. The van der Waals surface area contributed by atoms with Crippen molar-refractivity contribution in [3.63, 3.8) is 0 Å². The van der Waals surface area contributed by atoms with Crippen molar-refractivity contribution in [2.45, 2.75) is 12.5 Å². The summed E-state index contributed by atoms with van der Waals surface area (Å²) in [6, 6.07) is 9.36. The number of morpholine rings is 1. The van der Waals surface area contributed by atoms with Gasteiger partial charge in [-0.05, 0) is 37.2 Å². The van der Waals surface area contributed by atoms with E-state index in [0.29, 0.717) is 6.04 Å². The number of anilines is 2. The Hall–Kier alpha value is -1.26. The molecule has 1 aromatic rings. The van der Waals surface area contributed by atoms with Crippen molar-refractivity contribution < 1.29 is 4.74 Å². The van der Waals surface area contributed by atoms with Crippen LogP contribution in [0.2, 0.25) is 0 Å². The van der Waals surface area contributed by atoms with Gasteiger partial charge in [0.15, 0.2) is 0 Å². The first-order valence-electron chi connectivity index (χ1n) is 6.82. The maximum atomic E-state index is 5.37. The van der Waals surface area contributed by atoms with E-state index in [4.69, 9.17) is 4.74 Å². The molecule has 0 radical (unpaired) electrons. The third kappa shape index (κ3) is 2.76. The molecule has 2 saturated heterocycles. The summed E-state index contributed by atoms with van der Waals surface area (Å²) >= 11 is 0. The van der Waals surface area contributed by atoms with E-state index in [1.54, 1.807) is 0 Å². The first-order chi connectivity index (χ1) is 8.92. The van der Waals surface area contributed by atoms with Crippen molar-refractivity contribution in [3.8, 4) is 0 Å². The van der Waals surface area contributed by atoms with Gasteiger partial charge in [0.2, 0.25) is 0 Å². The molecule has 0 spiro atoms. The summed E-state index contributed by atoms with van der Waals surface area (Å²) in [7, 11) is 0. The molecule has 0 aliphatic carbocycles. The topological polar surface area (TPSA) is 36.5 Å². The van der Waals surface area contributed by atoms with Gasteiger partial charge in [0, 0.05) is 37.1 Å². The minimum atomic E-state index is 0.583. The lowest BCUT2D eigenvalue weighted by molar-refractivity contribution is 0.122. The fourth-order valence-electron chi connectivity index (χ4n) is 2.60. The summed E-state index contributed by atoms with van der Waals surface area (Å²) in [5, 5.41) is 6.94. The van der Waals surface area contributed by atoms with Crippen LogP contribution in [-0.2, 0) is 4.74 Å². The molecule has 0 aromatic heterocycles. The first-order valence-corrected chi connectivity index (χ1v) is 6.82. The summed E-state index contributed by atoms with van der Waals surface area (Å²) in [6.07, 6.45) is 1.21. The number of benzene rings is 1. The smallest absolute Gasteiger partial charge is 0.0642 e. The van der Waals surface area contributed by atoms with Crippen LogP contribution < -0.4 is 15.5 Å². The highest BCUT2D eigenvalue weighted by Crippen LogP contribution is 2.20. The van der Waals surface area contributed by atoms with Gasteiger partial charge < -0.3 is 20.3 Å². The molecule has 3 rings (SSSR count). The Bertz CT molecular complexity index is 367. The molecule has 0 amide bonds. The van der Waals surface area contributed by atoms with Crippen LogP contribution in [-0.4, -0.2) is 45.4 Å². The Morgan fingerprint density at radius 1 is 1.17 bits per heavy atom. The molecule has 2 fully saturated rings. The van der Waals surface area contributed by atoms with Crippen LogP contribution in [0.4, 0.5) is 11.4 Å². The van der Waals surface area contributed by atoms with Gasteiger partial charge in [0.05, 0.1) is 13.2 Å². The van der Waals surface area contributed by atoms with Gasteiger partial charge in [-0.25, -0.2) is 0 Å². The normalized spacial score (nSPS) is 24.2. The SMILES string of the molecule is c1cc(N2CCOCC2)ccc1NC1CCNC1. The van der Waals surface area contributed by atoms with Crippen molar-refractivity contribution in [2.24, 2.45) is 0 Å². The van der Waals surface area contributed by atoms with E-state index < -0.39 is 0 Å². The van der Waals surface area contributed by atoms with Gasteiger partial charge in [0.25, 0.3) is 0 Å². The highest BCUT2D eigenvalue weighted by Gasteiger charge is 2.14. The standard InChI is InChI=1S/C14H21N3O/c1-3-14(17-7-9-18-10-8-17)4-2-12(1)16-13-5-6-15-11-13/h1-4,13,15-16H,5-11H2. The number of rotatable bonds is 3. The van der Waals surface area contributed by atoms with Crippen LogP contribution in [0.5, 0.6) is 0 Å². The van der Waals surface area contributed by atoms with Gasteiger partial charge in [-0.1, -0.05) is 0 Å². The number of nitrogens with zero attached hydrogens (tertiary/aromatic N) is 1. The molecule has 2 aliphatic heterocycles. The zero-order chi connectivity index (χ0) is 12.2. The number of hydrogen-bond acceptors (Lipinski definition) is 4. The van der Waals surface area contributed by atoms with Gasteiger partial charge in [-0.15, -0.1) is 0 Å². The van der Waals surface area contributed by atoms with Crippen molar-refractivity contribution in [3.05, 3.63) is 24.3 Å². The molecular formula is C14H21N3O. The Balaban J connectivity index is 1.60. The van der Waals surface area contributed by atoms with Crippen molar-refractivity contribution in [1.29, 1.82) is 0 Å². The minimum Gasteiger partial charge on any atom is -0.381 e. The average Bonchev–Trinajstić information content (AvgIpc) is 2.94. The largest absolute Gasteiger partial charge is 0.381 e. The second-order valence-corrected chi connectivity index (χ2v) is 4.98. The molecule has 1 atom stereocenters. The van der Waals surface area contributed by atoms with Gasteiger partial charge in [0.1, 0.15) is 0 Å². The fraction of sp³-hybridized carbons (Fsp3) is 0.571. The molecule has 2 N–H and O–H groups in total. The number of hydrogen-bond donors (Lipinski definition) is 2. The van der Waals surface area contributed by atoms with Crippen LogP contribution in [0.25, 0.3) is 0 Å². The Labute approximate surface area is 108 Å². The molecule has 0 bridgehead atoms. The van der Waals surface area contributed by atoms with E-state index in [-0.39, 0.29) is 0 Å². The lowest BCUT2D eigenvalue weighted by Gasteiger charge is -2.29. The van der Waals surface area contributed by atoms with Crippen LogP contribution in [0.3, 0.4) is 0 Å². The first kappa shape index (κ1) is 11.8. The zero-order valence-electron chi connectivity index (χ0n) is 10.7. The van der Waals surface area contributed by atoms with E-state index >= 15 is 0 Å². The van der Waals surface area contributed by atoms with Gasteiger partial charge in [-0.3, -0.25) is 0 Å². The molecule has 2 heterocycles.